The molecule has 0 aromatic heterocycles. The van der Waals surface area contributed by atoms with E-state index in [1.807, 2.05) is 19.1 Å². The lowest BCUT2D eigenvalue weighted by Crippen LogP contribution is -2.41. The van der Waals surface area contributed by atoms with Crippen molar-refractivity contribution in [3.05, 3.63) is 28.2 Å². The van der Waals surface area contributed by atoms with Crippen molar-refractivity contribution in [2.24, 2.45) is 0 Å². The normalized spacial score (nSPS) is 14.2. The first-order valence-electron chi connectivity index (χ1n) is 4.67. The lowest BCUT2D eigenvalue weighted by atomic mass is 10.1. The summed E-state index contributed by atoms with van der Waals surface area (Å²) in [5.41, 5.74) is -0.825. The van der Waals surface area contributed by atoms with Crippen LogP contribution < -0.4 is 4.74 Å². The van der Waals surface area contributed by atoms with Gasteiger partial charge in [-0.05, 0) is 47.5 Å². The van der Waals surface area contributed by atoms with Gasteiger partial charge in [0.2, 0.25) is 0 Å². The maximum Gasteiger partial charge on any atom is 0.339 e. The molecule has 0 aliphatic heterocycles. The van der Waals surface area contributed by atoms with Crippen LogP contribution in [-0.4, -0.2) is 28.4 Å². The summed E-state index contributed by atoms with van der Waals surface area (Å²) >= 11 is 3.30. The van der Waals surface area contributed by atoms with Crippen LogP contribution in [0.3, 0.4) is 0 Å². The highest BCUT2D eigenvalue weighted by Crippen LogP contribution is 2.26. The SMILES string of the molecule is Cc1ccc(OCC(C)(O)C(=O)O)c(Br)c1. The van der Waals surface area contributed by atoms with E-state index in [1.54, 1.807) is 6.07 Å². The Bertz CT molecular complexity index is 401. The van der Waals surface area contributed by atoms with Crippen molar-refractivity contribution in [2.45, 2.75) is 19.4 Å². The molecular formula is C11H13BrO4. The number of carboxylic acid groups (broad SMARTS) is 1. The lowest BCUT2D eigenvalue weighted by molar-refractivity contribution is -0.159. The Balaban J connectivity index is 2.72. The first-order valence-corrected chi connectivity index (χ1v) is 5.47. The van der Waals surface area contributed by atoms with Crippen LogP contribution in [0.25, 0.3) is 0 Å². The predicted molar refractivity (Wildman–Crippen MR) is 62.6 cm³/mol. The molecule has 0 heterocycles. The molecule has 1 rings (SSSR count). The van der Waals surface area contributed by atoms with Crippen LogP contribution in [-0.2, 0) is 4.79 Å². The molecule has 0 aliphatic rings. The zero-order valence-corrected chi connectivity index (χ0v) is 10.6. The van der Waals surface area contributed by atoms with E-state index in [-0.39, 0.29) is 6.61 Å². The lowest BCUT2D eigenvalue weighted by Gasteiger charge is -2.19. The second-order valence-electron chi connectivity index (χ2n) is 3.80. The Morgan fingerprint density at radius 3 is 2.69 bits per heavy atom. The van der Waals surface area contributed by atoms with Gasteiger partial charge in [-0.15, -0.1) is 0 Å². The topological polar surface area (TPSA) is 66.8 Å². The minimum atomic E-state index is -1.88. The number of carbonyl (C=O) groups is 1. The number of halogens is 1. The summed E-state index contributed by atoms with van der Waals surface area (Å²) < 4.78 is 5.97. The molecular weight excluding hydrogens is 276 g/mol. The molecule has 1 aromatic carbocycles. The van der Waals surface area contributed by atoms with E-state index < -0.39 is 11.6 Å². The van der Waals surface area contributed by atoms with E-state index in [0.717, 1.165) is 10.0 Å². The van der Waals surface area contributed by atoms with Gasteiger partial charge >= 0.3 is 5.97 Å². The average molecular weight is 289 g/mol. The maximum atomic E-state index is 10.6. The molecule has 2 N–H and O–H groups in total. The predicted octanol–water partition coefficient (Wildman–Crippen LogP) is 1.97. The highest BCUT2D eigenvalue weighted by Gasteiger charge is 2.31. The molecule has 16 heavy (non-hydrogen) atoms. The van der Waals surface area contributed by atoms with Crippen molar-refractivity contribution < 1.29 is 19.7 Å². The number of benzene rings is 1. The van der Waals surface area contributed by atoms with Crippen LogP contribution >= 0.6 is 15.9 Å². The minimum absolute atomic E-state index is 0.302. The summed E-state index contributed by atoms with van der Waals surface area (Å²) in [6.07, 6.45) is 0. The Labute approximate surface area is 102 Å². The molecule has 1 atom stereocenters. The van der Waals surface area contributed by atoms with Crippen LogP contribution in [0.2, 0.25) is 0 Å². The van der Waals surface area contributed by atoms with E-state index in [9.17, 15) is 9.90 Å². The van der Waals surface area contributed by atoms with E-state index >= 15 is 0 Å². The van der Waals surface area contributed by atoms with Crippen LogP contribution in [0.5, 0.6) is 5.75 Å². The van der Waals surface area contributed by atoms with E-state index in [2.05, 4.69) is 15.9 Å². The third-order valence-corrected chi connectivity index (χ3v) is 2.68. The molecule has 1 aromatic rings. The van der Waals surface area contributed by atoms with Crippen molar-refractivity contribution in [3.63, 3.8) is 0 Å². The second kappa shape index (κ2) is 4.84. The summed E-state index contributed by atoms with van der Waals surface area (Å²) in [5, 5.41) is 18.1. The molecule has 1 unspecified atom stereocenters. The Kier molecular flexibility index (Phi) is 3.93. The molecule has 4 nitrogen and oxygen atoms in total. The Morgan fingerprint density at radius 1 is 1.56 bits per heavy atom. The number of ether oxygens (including phenoxy) is 1. The van der Waals surface area contributed by atoms with Gasteiger partial charge in [-0.2, -0.15) is 0 Å². The molecule has 0 spiro atoms. The second-order valence-corrected chi connectivity index (χ2v) is 4.66. The summed E-state index contributed by atoms with van der Waals surface area (Å²) in [4.78, 5) is 10.6. The van der Waals surface area contributed by atoms with Crippen molar-refractivity contribution in [3.8, 4) is 5.75 Å². The molecule has 0 saturated heterocycles. The van der Waals surface area contributed by atoms with Crippen molar-refractivity contribution in [1.82, 2.24) is 0 Å². The number of aryl methyl sites for hydroxylation is 1. The fourth-order valence-electron chi connectivity index (χ4n) is 1.00. The molecule has 0 fully saturated rings. The quantitative estimate of drug-likeness (QED) is 0.889. The van der Waals surface area contributed by atoms with Gasteiger partial charge in [0.05, 0.1) is 4.47 Å². The smallest absolute Gasteiger partial charge is 0.339 e. The van der Waals surface area contributed by atoms with Gasteiger partial charge in [-0.1, -0.05) is 6.07 Å². The minimum Gasteiger partial charge on any atom is -0.489 e. The molecule has 0 radical (unpaired) electrons. The molecule has 5 heteroatoms. The monoisotopic (exact) mass is 288 g/mol. The number of carboxylic acids is 1. The molecule has 88 valence electrons. The number of hydrogen-bond donors (Lipinski definition) is 2. The number of aliphatic hydroxyl groups is 1. The van der Waals surface area contributed by atoms with E-state index in [1.165, 1.54) is 6.92 Å². The van der Waals surface area contributed by atoms with E-state index in [0.29, 0.717) is 5.75 Å². The molecule has 0 bridgehead atoms. The largest absolute Gasteiger partial charge is 0.489 e. The summed E-state index contributed by atoms with van der Waals surface area (Å²) in [7, 11) is 0. The number of rotatable bonds is 4. The third kappa shape index (κ3) is 3.21. The van der Waals surface area contributed by atoms with Crippen molar-refractivity contribution in [2.75, 3.05) is 6.61 Å². The van der Waals surface area contributed by atoms with Gasteiger partial charge in [0.25, 0.3) is 0 Å². The highest BCUT2D eigenvalue weighted by molar-refractivity contribution is 9.10. The maximum absolute atomic E-state index is 10.6. The van der Waals surface area contributed by atoms with Crippen molar-refractivity contribution in [1.29, 1.82) is 0 Å². The van der Waals surface area contributed by atoms with Gasteiger partial charge < -0.3 is 14.9 Å². The van der Waals surface area contributed by atoms with Gasteiger partial charge in [0.1, 0.15) is 12.4 Å². The Hall–Kier alpha value is -1.07. The number of hydrogen-bond acceptors (Lipinski definition) is 3. The van der Waals surface area contributed by atoms with Crippen molar-refractivity contribution >= 4 is 21.9 Å². The van der Waals surface area contributed by atoms with Crippen LogP contribution in [0.4, 0.5) is 0 Å². The first kappa shape index (κ1) is 13.0. The highest BCUT2D eigenvalue weighted by atomic mass is 79.9. The number of aliphatic carboxylic acids is 1. The van der Waals surface area contributed by atoms with Crippen LogP contribution in [0.15, 0.2) is 22.7 Å². The Morgan fingerprint density at radius 2 is 2.19 bits per heavy atom. The van der Waals surface area contributed by atoms with E-state index in [4.69, 9.17) is 9.84 Å². The first-order chi connectivity index (χ1) is 7.33. The zero-order chi connectivity index (χ0) is 12.3. The summed E-state index contributed by atoms with van der Waals surface area (Å²) in [6, 6.07) is 5.41. The van der Waals surface area contributed by atoms with Gasteiger partial charge in [-0.25, -0.2) is 4.79 Å². The van der Waals surface area contributed by atoms with Crippen LogP contribution in [0.1, 0.15) is 12.5 Å². The fourth-order valence-corrected chi connectivity index (χ4v) is 1.61. The van der Waals surface area contributed by atoms with Crippen LogP contribution in [0, 0.1) is 6.92 Å². The van der Waals surface area contributed by atoms with Gasteiger partial charge in [0, 0.05) is 0 Å². The molecule has 0 amide bonds. The molecule has 0 saturated carbocycles. The average Bonchev–Trinajstić information content (AvgIpc) is 2.16. The standard InChI is InChI=1S/C11H13BrO4/c1-7-3-4-9(8(12)5-7)16-6-11(2,15)10(13)14/h3-5,15H,6H2,1-2H3,(H,13,14). The van der Waals surface area contributed by atoms with Gasteiger partial charge in [0.15, 0.2) is 5.60 Å². The zero-order valence-electron chi connectivity index (χ0n) is 9.03. The third-order valence-electron chi connectivity index (χ3n) is 2.06. The van der Waals surface area contributed by atoms with Gasteiger partial charge in [-0.3, -0.25) is 0 Å². The molecule has 0 aliphatic carbocycles. The summed E-state index contributed by atoms with van der Waals surface area (Å²) in [6.45, 7) is 2.82. The summed E-state index contributed by atoms with van der Waals surface area (Å²) in [5.74, 6) is -0.803. The fraction of sp³-hybridized carbons (Fsp3) is 0.364.